The molecule has 69 heavy (non-hydrogen) atoms. The highest BCUT2D eigenvalue weighted by atomic mass is 32.2. The number of benzene rings is 5. The van der Waals surface area contributed by atoms with Crippen LogP contribution >= 0.6 is 23.1 Å². The van der Waals surface area contributed by atoms with E-state index in [1.807, 2.05) is 115 Å². The molecular formula is C55H55N6O6S2+. The number of anilines is 1. The Kier molecular flexibility index (Phi) is 13.8. The van der Waals surface area contributed by atoms with E-state index in [2.05, 4.69) is 59.2 Å². The zero-order valence-corrected chi connectivity index (χ0v) is 40.1. The quantitative estimate of drug-likeness (QED) is 0.0244. The third kappa shape index (κ3) is 9.71. The summed E-state index contributed by atoms with van der Waals surface area (Å²) in [5.74, 6) is -1.11. The molecule has 0 bridgehead atoms. The third-order valence-electron chi connectivity index (χ3n) is 13.5. The molecule has 5 heterocycles. The minimum Gasteiger partial charge on any atom is -0.448 e. The Labute approximate surface area is 411 Å². The van der Waals surface area contributed by atoms with Crippen molar-refractivity contribution in [1.29, 1.82) is 0 Å². The molecule has 0 saturated carbocycles. The first-order valence-electron chi connectivity index (χ1n) is 23.7. The Hall–Kier alpha value is -6.58. The topological polar surface area (TPSA) is 131 Å². The number of likely N-dealkylation sites (N-methyl/N-ethyl adjacent to an activating group) is 1. The number of fused-ring (bicyclic) bond motifs is 1. The molecule has 0 aliphatic carbocycles. The minimum absolute atomic E-state index is 0.0962. The van der Waals surface area contributed by atoms with E-state index in [0.717, 1.165) is 76.6 Å². The van der Waals surface area contributed by atoms with Crippen LogP contribution in [0.4, 0.5) is 5.13 Å². The van der Waals surface area contributed by atoms with Crippen molar-refractivity contribution in [3.05, 3.63) is 202 Å². The van der Waals surface area contributed by atoms with Crippen LogP contribution in [0.25, 0.3) is 0 Å². The van der Waals surface area contributed by atoms with Crippen LogP contribution in [-0.2, 0) is 34.2 Å². The molecule has 2 amide bonds. The number of oxime groups is 1. The van der Waals surface area contributed by atoms with Crippen LogP contribution in [-0.4, -0.2) is 94.6 Å². The maximum absolute atomic E-state index is 14.8. The van der Waals surface area contributed by atoms with Crippen LogP contribution in [0.5, 0.6) is 0 Å². The summed E-state index contributed by atoms with van der Waals surface area (Å²) in [6.07, 6.45) is 3.29. The van der Waals surface area contributed by atoms with Crippen LogP contribution in [0.15, 0.2) is 173 Å². The summed E-state index contributed by atoms with van der Waals surface area (Å²) in [4.78, 5) is 56.6. The van der Waals surface area contributed by atoms with Gasteiger partial charge in [-0.1, -0.05) is 157 Å². The molecule has 10 rings (SSSR count). The molecule has 352 valence electrons. The van der Waals surface area contributed by atoms with E-state index in [1.54, 1.807) is 5.38 Å². The molecule has 0 spiro atoms. The van der Waals surface area contributed by atoms with Crippen LogP contribution in [0, 0.1) is 0 Å². The highest BCUT2D eigenvalue weighted by Crippen LogP contribution is 2.44. The van der Waals surface area contributed by atoms with Crippen molar-refractivity contribution < 1.29 is 33.2 Å². The fraction of sp³-hybridized carbons (Fsp3) is 0.291. The molecule has 2 N–H and O–H groups in total. The van der Waals surface area contributed by atoms with E-state index in [-0.39, 0.29) is 17.1 Å². The summed E-state index contributed by atoms with van der Waals surface area (Å²) in [7, 11) is 2.21. The maximum atomic E-state index is 14.8. The summed E-state index contributed by atoms with van der Waals surface area (Å²) < 4.78 is 13.1. The molecule has 2 unspecified atom stereocenters. The number of carbonyl (C=O) groups is 3. The Bertz CT molecular complexity index is 2660. The number of likely N-dealkylation sites (tertiary alicyclic amines) is 1. The van der Waals surface area contributed by atoms with E-state index in [4.69, 9.17) is 19.3 Å². The number of thioether (sulfide) groups is 1. The number of rotatable bonds is 16. The van der Waals surface area contributed by atoms with E-state index >= 15 is 0 Å². The molecule has 1 aromatic heterocycles. The number of carbonyl (C=O) groups excluding carboxylic acids is 3. The van der Waals surface area contributed by atoms with E-state index in [0.29, 0.717) is 30.5 Å². The molecule has 14 heteroatoms. The lowest BCUT2D eigenvalue weighted by molar-refractivity contribution is -0.893. The van der Waals surface area contributed by atoms with Gasteiger partial charge in [0.2, 0.25) is 6.29 Å². The standard InChI is InChI=1S/C55H54N6O6S2/c1-61(32-18-19-33-61)35-40-36-68-52-47(51(63)60(52)48(40)53(64)66-49(38-21-7-2-8-22-38)39-23-9-3-10-24-39)57-50(62)46(59-67-45-31-17-20-34-65-45)44-37-69-54(56-44)58-55(41-25-11-4-12-26-41,42-27-13-5-14-28-42)43-29-15-6-16-30-43/h2-16,21-30,37,45,47,49,52H,17-20,31-36H2,1H3,(H-,56,57,58,62)/p+1/t45?,47?,52-/m1/s1. The molecule has 5 aromatic carbocycles. The lowest BCUT2D eigenvalue weighted by Gasteiger charge is -2.50. The average molecular weight is 960 g/mol. The van der Waals surface area contributed by atoms with Gasteiger partial charge in [0.1, 0.15) is 34.9 Å². The van der Waals surface area contributed by atoms with Gasteiger partial charge >= 0.3 is 5.97 Å². The van der Waals surface area contributed by atoms with E-state index in [9.17, 15) is 14.4 Å². The molecule has 3 atom stereocenters. The van der Waals surface area contributed by atoms with Gasteiger partial charge in [0.15, 0.2) is 16.9 Å². The molecule has 12 nitrogen and oxygen atoms in total. The fourth-order valence-electron chi connectivity index (χ4n) is 9.96. The first-order chi connectivity index (χ1) is 33.8. The molecule has 4 aliphatic heterocycles. The normalized spacial score (nSPS) is 20.2. The number of β-lactam (4-membered cyclic amide) rings is 1. The van der Waals surface area contributed by atoms with Gasteiger partial charge in [0.05, 0.1) is 26.7 Å². The van der Waals surface area contributed by atoms with Crippen molar-refractivity contribution in [2.75, 3.05) is 44.4 Å². The van der Waals surface area contributed by atoms with Crippen LogP contribution in [0.3, 0.4) is 0 Å². The molecule has 0 radical (unpaired) electrons. The van der Waals surface area contributed by atoms with Crippen molar-refractivity contribution in [2.45, 2.75) is 61.5 Å². The predicted molar refractivity (Wildman–Crippen MR) is 269 cm³/mol. The molecular weight excluding hydrogens is 905 g/mol. The minimum atomic E-state index is -0.961. The second kappa shape index (κ2) is 20.6. The van der Waals surface area contributed by atoms with Crippen molar-refractivity contribution in [2.24, 2.45) is 5.16 Å². The van der Waals surface area contributed by atoms with Crippen molar-refractivity contribution in [1.82, 2.24) is 15.2 Å². The number of hydrogen-bond acceptors (Lipinski definition) is 11. The second-order valence-electron chi connectivity index (χ2n) is 18.2. The van der Waals surface area contributed by atoms with Crippen molar-refractivity contribution in [3.63, 3.8) is 0 Å². The average Bonchev–Trinajstić information content (AvgIpc) is 4.06. The van der Waals surface area contributed by atoms with Gasteiger partial charge in [-0.25, -0.2) is 9.78 Å². The Morgan fingerprint density at radius 3 is 1.93 bits per heavy atom. The second-order valence-corrected chi connectivity index (χ2v) is 20.2. The number of nitrogens with one attached hydrogen (secondary N) is 2. The fourth-order valence-corrected chi connectivity index (χ4v) is 12.0. The first kappa shape index (κ1) is 46.2. The lowest BCUT2D eigenvalue weighted by Crippen LogP contribution is -2.71. The number of nitrogens with zero attached hydrogens (tertiary/aromatic N) is 4. The summed E-state index contributed by atoms with van der Waals surface area (Å²) in [6.45, 7) is 3.11. The molecule has 3 saturated heterocycles. The van der Waals surface area contributed by atoms with Crippen molar-refractivity contribution in [3.8, 4) is 0 Å². The van der Waals surface area contributed by atoms with Crippen LogP contribution in [0.1, 0.15) is 71.7 Å². The van der Waals surface area contributed by atoms with Gasteiger partial charge in [0.25, 0.3) is 11.8 Å². The summed E-state index contributed by atoms with van der Waals surface area (Å²) in [6, 6.07) is 48.9. The zero-order valence-electron chi connectivity index (χ0n) is 38.4. The SMILES string of the molecule is C[N+]1(CC2=C(C(=O)OC(c3ccccc3)c3ccccc3)N3C(=O)C(NC(=O)C(=NOC4CCCCO4)c4csc(NC(c5ccccc5)(c5ccccc5)c5ccccc5)n4)[C@H]3SC2)CCCC1. The van der Waals surface area contributed by atoms with Crippen molar-refractivity contribution >= 4 is 51.7 Å². The van der Waals surface area contributed by atoms with Gasteiger partial charge in [-0.2, -0.15) is 0 Å². The number of esters is 1. The van der Waals surface area contributed by atoms with E-state index < -0.39 is 47.1 Å². The zero-order chi connectivity index (χ0) is 47.2. The van der Waals surface area contributed by atoms with Gasteiger partial charge in [-0.05, 0) is 40.7 Å². The Morgan fingerprint density at radius 2 is 1.38 bits per heavy atom. The predicted octanol–water partition coefficient (Wildman–Crippen LogP) is 9.02. The van der Waals surface area contributed by atoms with Gasteiger partial charge in [-0.3, -0.25) is 14.5 Å². The van der Waals surface area contributed by atoms with Gasteiger partial charge in [0, 0.05) is 36.0 Å². The number of quaternary nitrogens is 1. The largest absolute Gasteiger partial charge is 0.448 e. The highest BCUT2D eigenvalue weighted by molar-refractivity contribution is 8.00. The number of amides is 2. The smallest absolute Gasteiger partial charge is 0.356 e. The third-order valence-corrected chi connectivity index (χ3v) is 15.5. The van der Waals surface area contributed by atoms with Crippen LogP contribution in [0.2, 0.25) is 0 Å². The Morgan fingerprint density at radius 1 is 0.812 bits per heavy atom. The molecule has 4 aliphatic rings. The molecule has 3 fully saturated rings. The number of ether oxygens (including phenoxy) is 2. The van der Waals surface area contributed by atoms with E-state index in [1.165, 1.54) is 28.0 Å². The number of hydrogen-bond donors (Lipinski definition) is 2. The van der Waals surface area contributed by atoms with Gasteiger partial charge in [-0.15, -0.1) is 23.1 Å². The summed E-state index contributed by atoms with van der Waals surface area (Å²) in [5, 5.41) is 13.0. The maximum Gasteiger partial charge on any atom is 0.356 e. The highest BCUT2D eigenvalue weighted by Gasteiger charge is 2.56. The molecule has 6 aromatic rings. The van der Waals surface area contributed by atoms with Crippen LogP contribution < -0.4 is 10.6 Å². The number of aromatic nitrogens is 1. The monoisotopic (exact) mass is 959 g/mol. The first-order valence-corrected chi connectivity index (χ1v) is 25.6. The lowest BCUT2D eigenvalue weighted by atomic mass is 9.77. The summed E-state index contributed by atoms with van der Waals surface area (Å²) in [5.41, 5.74) is 5.05. The Balaban J connectivity index is 0.951. The van der Waals surface area contributed by atoms with Gasteiger partial charge < -0.3 is 29.4 Å². The summed E-state index contributed by atoms with van der Waals surface area (Å²) >= 11 is 2.87. The number of thiazole rings is 1.